The number of hydrogen-bond donors (Lipinski definition) is 1. The number of fused-ring (bicyclic) bond motifs is 2. The summed E-state index contributed by atoms with van der Waals surface area (Å²) in [6, 6.07) is 18.1. The van der Waals surface area contributed by atoms with E-state index in [1.807, 2.05) is 36.4 Å². The Hall–Kier alpha value is -4.90. The number of carbonyl (C=O) groups is 2. The number of ether oxygens (including phenoxy) is 2. The first kappa shape index (κ1) is 24.4. The zero-order chi connectivity index (χ0) is 26.9. The van der Waals surface area contributed by atoms with Crippen LogP contribution in [0.5, 0.6) is 11.5 Å². The van der Waals surface area contributed by atoms with Gasteiger partial charge in [0.25, 0.3) is 11.8 Å². The van der Waals surface area contributed by atoms with Crippen LogP contribution in [0.25, 0.3) is 10.9 Å². The highest BCUT2D eigenvalue weighted by Gasteiger charge is 2.41. The highest BCUT2D eigenvalue weighted by atomic mass is 16.5. The molecule has 8 nitrogen and oxygen atoms in total. The smallest absolute Gasteiger partial charge is 0.261 e. The van der Waals surface area contributed by atoms with E-state index in [2.05, 4.69) is 21.2 Å². The summed E-state index contributed by atoms with van der Waals surface area (Å²) in [6.45, 7) is 0. The predicted molar refractivity (Wildman–Crippen MR) is 147 cm³/mol. The molecule has 0 atom stereocenters. The fourth-order valence-corrected chi connectivity index (χ4v) is 5.38. The molecule has 0 radical (unpaired) electrons. The largest absolute Gasteiger partial charge is 0.493 e. The van der Waals surface area contributed by atoms with Gasteiger partial charge in [0.05, 0.1) is 29.9 Å². The molecule has 8 heteroatoms. The Labute approximate surface area is 226 Å². The molecule has 2 aliphatic rings. The average Bonchev–Trinajstić information content (AvgIpc) is 3.23. The fourth-order valence-electron chi connectivity index (χ4n) is 5.38. The Bertz CT molecular complexity index is 1600. The number of rotatable bonds is 6. The lowest BCUT2D eigenvalue weighted by Crippen LogP contribution is -2.43. The highest BCUT2D eigenvalue weighted by Crippen LogP contribution is 2.38. The molecule has 1 aliphatic carbocycles. The lowest BCUT2D eigenvalue weighted by Gasteiger charge is -2.33. The SMILES string of the molecule is C#Cc1cccc(Nc2ncnc3cc(OC)c(OC4CCC(N5C(=O)c6ccccc6C5=O)CC4)cc23)c1. The number of benzene rings is 3. The molecule has 1 aliphatic heterocycles. The van der Waals surface area contributed by atoms with E-state index < -0.39 is 0 Å². The molecule has 1 N–H and O–H groups in total. The maximum Gasteiger partial charge on any atom is 0.261 e. The van der Waals surface area contributed by atoms with E-state index in [0.29, 0.717) is 59.6 Å². The number of amides is 2. The molecule has 0 bridgehead atoms. The first-order chi connectivity index (χ1) is 19.1. The van der Waals surface area contributed by atoms with Crippen LogP contribution in [0.1, 0.15) is 52.0 Å². The Morgan fingerprint density at radius 1 is 0.923 bits per heavy atom. The average molecular weight is 519 g/mol. The summed E-state index contributed by atoms with van der Waals surface area (Å²) in [6.07, 6.45) is 9.71. The van der Waals surface area contributed by atoms with Crippen LogP contribution in [0, 0.1) is 12.3 Å². The lowest BCUT2D eigenvalue weighted by molar-refractivity contribution is 0.0476. The minimum Gasteiger partial charge on any atom is -0.493 e. The molecule has 2 heterocycles. The van der Waals surface area contributed by atoms with Crippen molar-refractivity contribution in [2.75, 3.05) is 12.4 Å². The molecular formula is C31H26N4O4. The Balaban J connectivity index is 1.20. The van der Waals surface area contributed by atoms with Crippen LogP contribution in [0.2, 0.25) is 0 Å². The van der Waals surface area contributed by atoms with E-state index >= 15 is 0 Å². The maximum atomic E-state index is 12.9. The zero-order valence-electron chi connectivity index (χ0n) is 21.4. The number of hydrogen-bond acceptors (Lipinski definition) is 7. The van der Waals surface area contributed by atoms with Crippen molar-refractivity contribution in [1.29, 1.82) is 0 Å². The third kappa shape index (κ3) is 4.53. The second kappa shape index (κ2) is 10.1. The van der Waals surface area contributed by atoms with Gasteiger partial charge in [-0.1, -0.05) is 24.1 Å². The van der Waals surface area contributed by atoms with E-state index in [1.54, 1.807) is 31.4 Å². The molecule has 1 saturated carbocycles. The van der Waals surface area contributed by atoms with Crippen LogP contribution in [0.15, 0.2) is 67.0 Å². The molecule has 0 unspecified atom stereocenters. The zero-order valence-corrected chi connectivity index (χ0v) is 21.4. The summed E-state index contributed by atoms with van der Waals surface area (Å²) in [4.78, 5) is 36.1. The number of nitrogens with one attached hydrogen (secondary N) is 1. The third-order valence-corrected chi connectivity index (χ3v) is 7.34. The molecular weight excluding hydrogens is 492 g/mol. The molecule has 2 amide bonds. The van der Waals surface area contributed by atoms with E-state index in [0.717, 1.165) is 16.6 Å². The van der Waals surface area contributed by atoms with E-state index in [1.165, 1.54) is 11.2 Å². The minimum atomic E-state index is -0.205. The summed E-state index contributed by atoms with van der Waals surface area (Å²) in [5.74, 6) is 4.01. The van der Waals surface area contributed by atoms with Gasteiger partial charge < -0.3 is 14.8 Å². The summed E-state index contributed by atoms with van der Waals surface area (Å²) < 4.78 is 12.1. The predicted octanol–water partition coefficient (Wildman–Crippen LogP) is 5.35. The van der Waals surface area contributed by atoms with Crippen molar-refractivity contribution in [2.24, 2.45) is 0 Å². The van der Waals surface area contributed by atoms with Crippen LogP contribution in [-0.2, 0) is 0 Å². The quantitative estimate of drug-likeness (QED) is 0.272. The molecule has 4 aromatic rings. The Morgan fingerprint density at radius 2 is 1.67 bits per heavy atom. The number of nitrogens with zero attached hydrogens (tertiary/aromatic N) is 3. The standard InChI is InChI=1S/C31H26N4O4/c1-3-19-7-6-8-20(15-19)34-29-25-16-28(27(38-2)17-26(25)32-18-33-29)39-22-13-11-21(12-14-22)35-30(36)23-9-4-5-10-24(23)31(35)37/h1,4-10,15-18,21-22H,11-14H2,2H3,(H,32,33,34). The van der Waals surface area contributed by atoms with Crippen LogP contribution in [0.4, 0.5) is 11.5 Å². The molecule has 194 valence electrons. The van der Waals surface area contributed by atoms with Crippen LogP contribution < -0.4 is 14.8 Å². The Morgan fingerprint density at radius 3 is 2.36 bits per heavy atom. The molecule has 0 saturated heterocycles. The molecule has 39 heavy (non-hydrogen) atoms. The van der Waals surface area contributed by atoms with Gasteiger partial charge in [0.15, 0.2) is 11.5 Å². The van der Waals surface area contributed by atoms with Crippen molar-refractivity contribution >= 4 is 34.2 Å². The number of anilines is 2. The topological polar surface area (TPSA) is 93.7 Å². The molecule has 1 fully saturated rings. The van der Waals surface area contributed by atoms with Gasteiger partial charge in [0.1, 0.15) is 12.1 Å². The number of aromatic nitrogens is 2. The Kier molecular flexibility index (Phi) is 6.33. The summed E-state index contributed by atoms with van der Waals surface area (Å²) >= 11 is 0. The van der Waals surface area contributed by atoms with Gasteiger partial charge >= 0.3 is 0 Å². The summed E-state index contributed by atoms with van der Waals surface area (Å²) in [7, 11) is 1.60. The van der Waals surface area contributed by atoms with Gasteiger partial charge in [-0.2, -0.15) is 0 Å². The summed E-state index contributed by atoms with van der Waals surface area (Å²) in [5, 5.41) is 4.11. The first-order valence-corrected chi connectivity index (χ1v) is 12.9. The monoisotopic (exact) mass is 518 g/mol. The fraction of sp³-hybridized carbons (Fsp3) is 0.226. The van der Waals surface area contributed by atoms with Crippen molar-refractivity contribution in [3.05, 3.63) is 83.7 Å². The first-order valence-electron chi connectivity index (χ1n) is 12.9. The normalized spacial score (nSPS) is 18.5. The van der Waals surface area contributed by atoms with Crippen molar-refractivity contribution in [1.82, 2.24) is 14.9 Å². The van der Waals surface area contributed by atoms with Gasteiger partial charge in [-0.15, -0.1) is 6.42 Å². The minimum absolute atomic E-state index is 0.0869. The molecule has 6 rings (SSSR count). The van der Waals surface area contributed by atoms with E-state index in [-0.39, 0.29) is 24.0 Å². The maximum absolute atomic E-state index is 12.9. The molecule has 3 aromatic carbocycles. The number of carbonyl (C=O) groups excluding carboxylic acids is 2. The second-order valence-electron chi connectivity index (χ2n) is 9.67. The van der Waals surface area contributed by atoms with Crippen molar-refractivity contribution in [3.63, 3.8) is 0 Å². The molecule has 1 aromatic heterocycles. The van der Waals surface area contributed by atoms with Gasteiger partial charge in [0, 0.05) is 28.7 Å². The highest BCUT2D eigenvalue weighted by molar-refractivity contribution is 6.21. The number of methoxy groups -OCH3 is 1. The van der Waals surface area contributed by atoms with E-state index in [4.69, 9.17) is 15.9 Å². The molecule has 0 spiro atoms. The number of imide groups is 1. The van der Waals surface area contributed by atoms with Crippen LogP contribution in [0.3, 0.4) is 0 Å². The van der Waals surface area contributed by atoms with Crippen molar-refractivity contribution < 1.29 is 19.1 Å². The summed E-state index contributed by atoms with van der Waals surface area (Å²) in [5.41, 5.74) is 3.26. The van der Waals surface area contributed by atoms with Crippen molar-refractivity contribution in [2.45, 2.75) is 37.8 Å². The van der Waals surface area contributed by atoms with E-state index in [9.17, 15) is 9.59 Å². The van der Waals surface area contributed by atoms with Gasteiger partial charge in [-0.05, 0) is 62.1 Å². The van der Waals surface area contributed by atoms with Gasteiger partial charge in [-0.3, -0.25) is 14.5 Å². The van der Waals surface area contributed by atoms with Crippen LogP contribution >= 0.6 is 0 Å². The van der Waals surface area contributed by atoms with Gasteiger partial charge in [-0.25, -0.2) is 9.97 Å². The lowest BCUT2D eigenvalue weighted by atomic mass is 9.91. The third-order valence-electron chi connectivity index (χ3n) is 7.34. The van der Waals surface area contributed by atoms with Gasteiger partial charge in [0.2, 0.25) is 0 Å². The second-order valence-corrected chi connectivity index (χ2v) is 9.67. The number of terminal acetylenes is 1. The van der Waals surface area contributed by atoms with Crippen LogP contribution in [-0.4, -0.2) is 45.9 Å². The van der Waals surface area contributed by atoms with Crippen molar-refractivity contribution in [3.8, 4) is 23.8 Å².